The van der Waals surface area contributed by atoms with Crippen LogP contribution in [-0.4, -0.2) is 0 Å². The summed E-state index contributed by atoms with van der Waals surface area (Å²) in [6.45, 7) is 9.77. The van der Waals surface area contributed by atoms with Gasteiger partial charge in [-0.25, -0.2) is 0 Å². The molecule has 0 aromatic rings. The van der Waals surface area contributed by atoms with E-state index in [1.165, 1.54) is 51.4 Å². The predicted molar refractivity (Wildman–Crippen MR) is 73.6 cm³/mol. The van der Waals surface area contributed by atoms with Crippen LogP contribution < -0.4 is 0 Å². The van der Waals surface area contributed by atoms with E-state index in [2.05, 4.69) is 27.7 Å². The fourth-order valence-corrected chi connectivity index (χ4v) is 3.06. The maximum absolute atomic E-state index is 2.47. The van der Waals surface area contributed by atoms with E-state index in [1.54, 1.807) is 0 Å². The van der Waals surface area contributed by atoms with Gasteiger partial charge in [-0.05, 0) is 23.7 Å². The molecule has 0 nitrogen and oxygen atoms in total. The van der Waals surface area contributed by atoms with Crippen molar-refractivity contribution in [1.29, 1.82) is 0 Å². The van der Waals surface area contributed by atoms with Gasteiger partial charge in [-0.1, -0.05) is 79.1 Å². The average Bonchev–Trinajstić information content (AvgIpc) is 2.31. The second-order valence-corrected chi connectivity index (χ2v) is 6.42. The molecule has 1 aliphatic carbocycles. The summed E-state index contributed by atoms with van der Waals surface area (Å²) in [6, 6.07) is 0. The first-order valence-corrected chi connectivity index (χ1v) is 7.63. The predicted octanol–water partition coefficient (Wildman–Crippen LogP) is 5.67. The van der Waals surface area contributed by atoms with Crippen LogP contribution >= 0.6 is 0 Å². The first kappa shape index (κ1) is 14.1. The Balaban J connectivity index is 2.47. The molecule has 1 fully saturated rings. The Morgan fingerprint density at radius 1 is 0.750 bits per heavy atom. The summed E-state index contributed by atoms with van der Waals surface area (Å²) in [6.07, 6.45) is 11.7. The molecule has 96 valence electrons. The Hall–Kier alpha value is 0. The summed E-state index contributed by atoms with van der Waals surface area (Å²) in [5, 5.41) is 0. The van der Waals surface area contributed by atoms with E-state index in [1.807, 2.05) is 0 Å². The third-order valence-corrected chi connectivity index (χ3v) is 5.00. The third-order valence-electron chi connectivity index (χ3n) is 5.00. The number of hydrogen-bond acceptors (Lipinski definition) is 0. The van der Waals surface area contributed by atoms with Gasteiger partial charge in [0.25, 0.3) is 0 Å². The highest BCUT2D eigenvalue weighted by Crippen LogP contribution is 2.30. The fourth-order valence-electron chi connectivity index (χ4n) is 3.06. The van der Waals surface area contributed by atoms with E-state index in [4.69, 9.17) is 0 Å². The molecule has 0 amide bonds. The smallest absolute Gasteiger partial charge is 0.0417 e. The van der Waals surface area contributed by atoms with Crippen molar-refractivity contribution in [3.05, 3.63) is 0 Å². The van der Waals surface area contributed by atoms with Crippen molar-refractivity contribution < 1.29 is 0 Å². The van der Waals surface area contributed by atoms with Crippen molar-refractivity contribution in [1.82, 2.24) is 0 Å². The van der Waals surface area contributed by atoms with Crippen molar-refractivity contribution >= 4 is 0 Å². The molecule has 0 heteroatoms. The molecule has 1 rings (SSSR count). The van der Waals surface area contributed by atoms with Crippen LogP contribution in [-0.2, 0) is 0 Å². The van der Waals surface area contributed by atoms with Gasteiger partial charge in [0.05, 0.1) is 0 Å². The molecule has 0 aromatic heterocycles. The Labute approximate surface area is 103 Å². The molecule has 4 atom stereocenters. The van der Waals surface area contributed by atoms with Gasteiger partial charge < -0.3 is 0 Å². The van der Waals surface area contributed by atoms with Crippen molar-refractivity contribution in [2.75, 3.05) is 0 Å². The molecule has 0 aliphatic heterocycles. The van der Waals surface area contributed by atoms with E-state index in [0.29, 0.717) is 0 Å². The van der Waals surface area contributed by atoms with Gasteiger partial charge in [-0.15, -0.1) is 0 Å². The Morgan fingerprint density at radius 3 is 2.06 bits per heavy atom. The van der Waals surface area contributed by atoms with Crippen molar-refractivity contribution in [2.24, 2.45) is 23.7 Å². The summed E-state index contributed by atoms with van der Waals surface area (Å²) in [5.41, 5.74) is 0. The van der Waals surface area contributed by atoms with Gasteiger partial charge in [0.1, 0.15) is 0 Å². The zero-order chi connectivity index (χ0) is 12.0. The third kappa shape index (κ3) is 4.89. The van der Waals surface area contributed by atoms with Crippen molar-refractivity contribution in [3.63, 3.8) is 0 Å². The highest BCUT2D eigenvalue weighted by Gasteiger charge is 2.17. The lowest BCUT2D eigenvalue weighted by atomic mass is 9.86. The average molecular weight is 224 g/mol. The first-order valence-electron chi connectivity index (χ1n) is 7.63. The van der Waals surface area contributed by atoms with Gasteiger partial charge in [0.2, 0.25) is 0 Å². The van der Waals surface area contributed by atoms with Gasteiger partial charge >= 0.3 is 0 Å². The van der Waals surface area contributed by atoms with Crippen LogP contribution in [0.5, 0.6) is 0 Å². The van der Waals surface area contributed by atoms with E-state index in [0.717, 1.165) is 23.7 Å². The van der Waals surface area contributed by atoms with Crippen molar-refractivity contribution in [2.45, 2.75) is 79.1 Å². The highest BCUT2D eigenvalue weighted by molar-refractivity contribution is 4.69. The second kappa shape index (κ2) is 7.35. The standard InChI is InChI=1S/C16H32/c1-5-16-8-6-7-14(3)15(4)11-9-13(2)10-12-16/h13-16H,5-12H2,1-4H3. The van der Waals surface area contributed by atoms with Crippen LogP contribution in [0.3, 0.4) is 0 Å². The lowest BCUT2D eigenvalue weighted by molar-refractivity contribution is 0.312. The molecule has 0 radical (unpaired) electrons. The molecule has 0 heterocycles. The molecule has 1 aliphatic rings. The fraction of sp³-hybridized carbons (Fsp3) is 1.00. The number of rotatable bonds is 1. The maximum Gasteiger partial charge on any atom is -0.0417 e. The molecule has 0 spiro atoms. The molecular formula is C16H32. The van der Waals surface area contributed by atoms with Gasteiger partial charge in [-0.2, -0.15) is 0 Å². The van der Waals surface area contributed by atoms with Crippen LogP contribution in [0.1, 0.15) is 79.1 Å². The summed E-state index contributed by atoms with van der Waals surface area (Å²) in [7, 11) is 0. The van der Waals surface area contributed by atoms with Crippen LogP contribution in [0.15, 0.2) is 0 Å². The zero-order valence-corrected chi connectivity index (χ0v) is 12.0. The van der Waals surface area contributed by atoms with Gasteiger partial charge in [-0.3, -0.25) is 0 Å². The SMILES string of the molecule is CCC1CCCC(C)C(C)CCC(C)CC1. The minimum Gasteiger partial charge on any atom is -0.0651 e. The second-order valence-electron chi connectivity index (χ2n) is 6.42. The van der Waals surface area contributed by atoms with Crippen molar-refractivity contribution in [3.8, 4) is 0 Å². The summed E-state index contributed by atoms with van der Waals surface area (Å²) >= 11 is 0. The van der Waals surface area contributed by atoms with Gasteiger partial charge in [0, 0.05) is 0 Å². The Morgan fingerprint density at radius 2 is 1.38 bits per heavy atom. The Kier molecular flexibility index (Phi) is 6.46. The molecule has 0 bridgehead atoms. The van der Waals surface area contributed by atoms with E-state index >= 15 is 0 Å². The molecule has 0 saturated heterocycles. The minimum atomic E-state index is 0.945. The largest absolute Gasteiger partial charge is 0.0651 e. The van der Waals surface area contributed by atoms with Crippen LogP contribution in [0.25, 0.3) is 0 Å². The Bertz CT molecular complexity index is 171. The summed E-state index contributed by atoms with van der Waals surface area (Å²) in [4.78, 5) is 0. The molecule has 0 aromatic carbocycles. The van der Waals surface area contributed by atoms with Crippen LogP contribution in [0.2, 0.25) is 0 Å². The lowest BCUT2D eigenvalue weighted by Crippen LogP contribution is -2.09. The molecule has 0 N–H and O–H groups in total. The lowest BCUT2D eigenvalue weighted by Gasteiger charge is -2.20. The molecular weight excluding hydrogens is 192 g/mol. The molecule has 16 heavy (non-hydrogen) atoms. The van der Waals surface area contributed by atoms with E-state index in [9.17, 15) is 0 Å². The highest BCUT2D eigenvalue weighted by atomic mass is 14.2. The van der Waals surface area contributed by atoms with Crippen LogP contribution in [0, 0.1) is 23.7 Å². The normalized spacial score (nSPS) is 39.0. The first-order chi connectivity index (χ1) is 7.63. The summed E-state index contributed by atoms with van der Waals surface area (Å²) < 4.78 is 0. The minimum absolute atomic E-state index is 0.945. The topological polar surface area (TPSA) is 0 Å². The zero-order valence-electron chi connectivity index (χ0n) is 12.0. The quantitative estimate of drug-likeness (QED) is 0.538. The van der Waals surface area contributed by atoms with Gasteiger partial charge in [0.15, 0.2) is 0 Å². The summed E-state index contributed by atoms with van der Waals surface area (Å²) in [5.74, 6) is 3.87. The van der Waals surface area contributed by atoms with Crippen LogP contribution in [0.4, 0.5) is 0 Å². The van der Waals surface area contributed by atoms with E-state index < -0.39 is 0 Å². The maximum atomic E-state index is 2.47. The molecule has 1 saturated carbocycles. The number of hydrogen-bond donors (Lipinski definition) is 0. The monoisotopic (exact) mass is 224 g/mol. The van der Waals surface area contributed by atoms with E-state index in [-0.39, 0.29) is 0 Å². The molecule has 4 unspecified atom stereocenters.